The lowest BCUT2D eigenvalue weighted by Gasteiger charge is -2.06. The zero-order valence-electron chi connectivity index (χ0n) is 14.7. The molecule has 0 aliphatic carbocycles. The Labute approximate surface area is 171 Å². The van der Waals surface area contributed by atoms with Crippen molar-refractivity contribution in [3.05, 3.63) is 65.6 Å². The van der Waals surface area contributed by atoms with Gasteiger partial charge in [-0.3, -0.25) is 13.7 Å². The van der Waals surface area contributed by atoms with Gasteiger partial charge in [0.15, 0.2) is 4.98 Å². The molecule has 0 amide bonds. The topological polar surface area (TPSA) is 191 Å². The van der Waals surface area contributed by atoms with Gasteiger partial charge in [0, 0.05) is 22.9 Å². The minimum absolute atomic E-state index is 0.0233. The van der Waals surface area contributed by atoms with Crippen molar-refractivity contribution in [2.45, 2.75) is 14.7 Å². The first-order valence-electron chi connectivity index (χ1n) is 7.64. The normalized spacial score (nSPS) is 11.9. The predicted molar refractivity (Wildman–Crippen MR) is 105 cm³/mol. The number of fused-ring (bicyclic) bond motifs is 1. The maximum atomic E-state index is 11.2. The number of benzene rings is 3. The molecule has 158 valence electrons. The summed E-state index contributed by atoms with van der Waals surface area (Å²) < 4.78 is 92.2. The zero-order valence-corrected chi connectivity index (χ0v) is 17.1. The van der Waals surface area contributed by atoms with Gasteiger partial charge in [-0.15, -0.1) is 0 Å². The Kier molecular flexibility index (Phi) is 6.57. The van der Waals surface area contributed by atoms with Crippen molar-refractivity contribution < 1.29 is 38.9 Å². The summed E-state index contributed by atoms with van der Waals surface area (Å²) in [7, 11) is -13.1. The molecule has 3 rings (SSSR count). The van der Waals surface area contributed by atoms with E-state index >= 15 is 0 Å². The smallest absolute Gasteiger partial charge is 0.282 e. The highest BCUT2D eigenvalue weighted by molar-refractivity contribution is 7.86. The van der Waals surface area contributed by atoms with Gasteiger partial charge in [-0.25, -0.2) is 0 Å². The highest BCUT2D eigenvalue weighted by Crippen LogP contribution is 2.28. The summed E-state index contributed by atoms with van der Waals surface area (Å²) in [6, 6.07) is 12.3. The fraction of sp³-hybridized carbons (Fsp3) is 0. The van der Waals surface area contributed by atoms with E-state index in [1.165, 1.54) is 36.4 Å². The van der Waals surface area contributed by atoms with Crippen molar-refractivity contribution in [3.8, 4) is 0 Å². The van der Waals surface area contributed by atoms with Crippen molar-refractivity contribution in [2.24, 2.45) is 0 Å². The van der Waals surface area contributed by atoms with Crippen LogP contribution in [0.2, 0.25) is 0 Å². The summed E-state index contributed by atoms with van der Waals surface area (Å²) in [5.41, 5.74) is 0.224. The van der Waals surface area contributed by atoms with Crippen LogP contribution < -0.4 is 0 Å². The maximum Gasteiger partial charge on any atom is 0.385 e. The van der Waals surface area contributed by atoms with Gasteiger partial charge in [-0.2, -0.15) is 25.3 Å². The Morgan fingerprint density at radius 2 is 1.00 bits per heavy atom. The summed E-state index contributed by atoms with van der Waals surface area (Å²) in [4.78, 5) is 1.77. The van der Waals surface area contributed by atoms with Crippen LogP contribution in [0.5, 0.6) is 0 Å². The van der Waals surface area contributed by atoms with Crippen LogP contribution in [0.3, 0.4) is 0 Å². The van der Waals surface area contributed by atoms with Crippen molar-refractivity contribution >= 4 is 46.8 Å². The summed E-state index contributed by atoms with van der Waals surface area (Å²) in [6.45, 7) is 0. The number of hydrogen-bond acceptors (Lipinski definition) is 7. The molecule has 0 spiro atoms. The van der Waals surface area contributed by atoms with E-state index in [2.05, 4.69) is 4.98 Å². The SMILES string of the molecule is N#[N+]c1ccc(S(=O)(=O)O)cc1.O=S(=O)(O)c1cccc2c(S(=O)(=O)O)cccc12. The molecule has 0 unspecified atom stereocenters. The first-order valence-corrected chi connectivity index (χ1v) is 12.0. The molecule has 0 radical (unpaired) electrons. The average molecular weight is 473 g/mol. The lowest BCUT2D eigenvalue weighted by atomic mass is 10.1. The molecule has 14 heteroatoms. The van der Waals surface area contributed by atoms with Gasteiger partial charge in [0.25, 0.3) is 30.4 Å². The first kappa shape index (κ1) is 23.3. The molecule has 0 atom stereocenters. The highest BCUT2D eigenvalue weighted by atomic mass is 32.2. The van der Waals surface area contributed by atoms with Crippen molar-refractivity contribution in [2.75, 3.05) is 0 Å². The Morgan fingerprint density at radius 3 is 1.30 bits per heavy atom. The Balaban J connectivity index is 0.000000232. The average Bonchev–Trinajstić information content (AvgIpc) is 2.65. The third-order valence-electron chi connectivity index (χ3n) is 3.65. The second kappa shape index (κ2) is 8.44. The van der Waals surface area contributed by atoms with Crippen molar-refractivity contribution in [1.29, 1.82) is 5.39 Å². The molecular formula is C16H13N2O9S3+. The van der Waals surface area contributed by atoms with Crippen LogP contribution in [0.4, 0.5) is 5.69 Å². The zero-order chi connectivity index (χ0) is 22.7. The lowest BCUT2D eigenvalue weighted by molar-refractivity contribution is 0.481. The van der Waals surface area contributed by atoms with Crippen LogP contribution in [-0.2, 0) is 30.4 Å². The molecule has 30 heavy (non-hydrogen) atoms. The van der Waals surface area contributed by atoms with Gasteiger partial charge in [-0.05, 0) is 24.3 Å². The fourth-order valence-corrected chi connectivity index (χ4v) is 4.28. The molecule has 0 saturated heterocycles. The third-order valence-corrected chi connectivity index (χ3v) is 6.34. The van der Waals surface area contributed by atoms with E-state index in [0.29, 0.717) is 0 Å². The van der Waals surface area contributed by atoms with Gasteiger partial charge >= 0.3 is 5.69 Å². The lowest BCUT2D eigenvalue weighted by Crippen LogP contribution is -2.02. The van der Waals surface area contributed by atoms with Gasteiger partial charge in [0.1, 0.15) is 9.79 Å². The molecular weight excluding hydrogens is 460 g/mol. The van der Waals surface area contributed by atoms with Crippen LogP contribution in [0.25, 0.3) is 15.7 Å². The Morgan fingerprint density at radius 1 is 0.600 bits per heavy atom. The number of nitrogens with zero attached hydrogens (tertiary/aromatic N) is 2. The van der Waals surface area contributed by atoms with Crippen molar-refractivity contribution in [1.82, 2.24) is 0 Å². The second-order valence-corrected chi connectivity index (χ2v) is 9.83. The largest absolute Gasteiger partial charge is 0.385 e. The van der Waals surface area contributed by atoms with Crippen LogP contribution in [0.15, 0.2) is 75.4 Å². The number of rotatable bonds is 3. The van der Waals surface area contributed by atoms with Gasteiger partial charge in [-0.1, -0.05) is 24.3 Å². The monoisotopic (exact) mass is 473 g/mol. The standard InChI is InChI=1S/C10H8O6S2.C6H4N2O3S/c11-17(12,13)9-5-1-3-7-8(9)4-2-6-10(7)18(14,15)16;7-8-5-1-3-6(4-2-5)12(9,10)11/h1-6H,(H,11,12,13)(H,14,15,16);1-4H/p+1. The van der Waals surface area contributed by atoms with E-state index in [0.717, 1.165) is 24.3 Å². The van der Waals surface area contributed by atoms with Crippen LogP contribution in [-0.4, -0.2) is 38.9 Å². The molecule has 0 aliphatic rings. The Bertz CT molecular complexity index is 1390. The Hall–Kier alpha value is -2.93. The van der Waals surface area contributed by atoms with Gasteiger partial charge < -0.3 is 0 Å². The summed E-state index contributed by atoms with van der Waals surface area (Å²) in [5, 5.41) is 8.29. The first-order chi connectivity index (χ1) is 13.7. The molecule has 3 aromatic carbocycles. The third kappa shape index (κ3) is 5.57. The van der Waals surface area contributed by atoms with E-state index in [4.69, 9.17) is 19.1 Å². The minimum atomic E-state index is -4.47. The van der Waals surface area contributed by atoms with Crippen LogP contribution >= 0.6 is 0 Å². The summed E-state index contributed by atoms with van der Waals surface area (Å²) in [5.74, 6) is 0. The van der Waals surface area contributed by atoms with Crippen LogP contribution in [0.1, 0.15) is 0 Å². The molecule has 0 aliphatic heterocycles. The molecule has 0 fully saturated rings. The molecule has 0 bridgehead atoms. The highest BCUT2D eigenvalue weighted by Gasteiger charge is 2.19. The molecule has 3 aromatic rings. The molecule has 0 aromatic heterocycles. The minimum Gasteiger partial charge on any atom is -0.282 e. The molecule has 0 saturated carbocycles. The number of diazo groups is 1. The van der Waals surface area contributed by atoms with E-state index in [9.17, 15) is 25.3 Å². The summed E-state index contributed by atoms with van der Waals surface area (Å²) in [6.07, 6.45) is 0. The van der Waals surface area contributed by atoms with Crippen molar-refractivity contribution in [3.63, 3.8) is 0 Å². The van der Waals surface area contributed by atoms with Gasteiger partial charge in [0.05, 0.1) is 4.90 Å². The van der Waals surface area contributed by atoms with E-state index < -0.39 is 40.1 Å². The van der Waals surface area contributed by atoms with E-state index in [1.807, 2.05) is 0 Å². The van der Waals surface area contributed by atoms with Gasteiger partial charge in [0.2, 0.25) is 5.39 Å². The predicted octanol–water partition coefficient (Wildman–Crippen LogP) is 2.75. The number of hydrogen-bond donors (Lipinski definition) is 3. The van der Waals surface area contributed by atoms with E-state index in [1.54, 1.807) is 0 Å². The van der Waals surface area contributed by atoms with Crippen LogP contribution in [0, 0.1) is 5.39 Å². The second-order valence-electron chi connectivity index (χ2n) is 5.63. The molecule has 11 nitrogen and oxygen atoms in total. The quantitative estimate of drug-likeness (QED) is 0.376. The fourth-order valence-electron chi connectivity index (χ4n) is 2.39. The molecule has 3 N–H and O–H groups in total. The maximum absolute atomic E-state index is 11.2. The summed E-state index contributed by atoms with van der Waals surface area (Å²) >= 11 is 0. The van der Waals surface area contributed by atoms with E-state index in [-0.39, 0.29) is 21.4 Å². The molecule has 0 heterocycles.